The van der Waals surface area contributed by atoms with Crippen molar-refractivity contribution in [1.29, 1.82) is 0 Å². The van der Waals surface area contributed by atoms with Crippen LogP contribution in [0.15, 0.2) is 51.6 Å². The van der Waals surface area contributed by atoms with Crippen LogP contribution in [0.5, 0.6) is 0 Å². The molecule has 0 radical (unpaired) electrons. The van der Waals surface area contributed by atoms with Crippen LogP contribution in [-0.4, -0.2) is 27.1 Å². The Morgan fingerprint density at radius 1 is 1.04 bits per heavy atom. The summed E-state index contributed by atoms with van der Waals surface area (Å²) in [7, 11) is 0. The molecule has 0 aliphatic heterocycles. The Bertz CT molecular complexity index is 822. The molecule has 1 aromatic carbocycles. The summed E-state index contributed by atoms with van der Waals surface area (Å²) in [6, 6.07) is 12.2. The fourth-order valence-corrected chi connectivity index (χ4v) is 3.41. The first-order valence-electron chi connectivity index (χ1n) is 6.44. The van der Waals surface area contributed by atoms with Crippen LogP contribution in [0, 0.1) is 0 Å². The molecule has 0 bridgehead atoms. The monoisotopic (exact) mass is 426 g/mol. The van der Waals surface area contributed by atoms with Crippen molar-refractivity contribution in [1.82, 2.24) is 4.98 Å². The lowest BCUT2D eigenvalue weighted by Gasteiger charge is -2.04. The molecule has 0 saturated carbocycles. The normalized spacial score (nSPS) is 9.71. The van der Waals surface area contributed by atoms with Crippen LogP contribution in [0.2, 0.25) is 0 Å². The number of hydrogen-bond acceptors (Lipinski definition) is 6. The van der Waals surface area contributed by atoms with E-state index in [-0.39, 0.29) is 0 Å². The third kappa shape index (κ3) is 5.15. The standard InChI is InChI=1S/C13H9BrN2S2.C2H2O4/c14-9-4-1-2-5-10(9)15-13-16-11(8-18-13)12-6-3-7-17-12;3-1(4)2(5)6/h1-8H,(H,15,16);(H,3,4)(H,5,6). The van der Waals surface area contributed by atoms with Crippen molar-refractivity contribution < 1.29 is 19.8 Å². The summed E-state index contributed by atoms with van der Waals surface area (Å²) in [5, 5.41) is 23.1. The van der Waals surface area contributed by atoms with Crippen molar-refractivity contribution in [3.63, 3.8) is 0 Å². The van der Waals surface area contributed by atoms with Gasteiger partial charge in [-0.05, 0) is 39.5 Å². The first kappa shape index (κ1) is 18.1. The lowest BCUT2D eigenvalue weighted by atomic mass is 10.3. The SMILES string of the molecule is Brc1ccccc1Nc1nc(-c2cccs2)cs1.O=C(O)C(=O)O. The van der Waals surface area contributed by atoms with Gasteiger partial charge in [0.15, 0.2) is 5.13 Å². The molecule has 0 unspecified atom stereocenters. The van der Waals surface area contributed by atoms with Gasteiger partial charge in [0.05, 0.1) is 16.3 Å². The smallest absolute Gasteiger partial charge is 0.414 e. The van der Waals surface area contributed by atoms with E-state index in [4.69, 9.17) is 19.8 Å². The number of carboxylic acids is 2. The minimum atomic E-state index is -1.82. The van der Waals surface area contributed by atoms with Crippen molar-refractivity contribution in [2.45, 2.75) is 0 Å². The Morgan fingerprint density at radius 3 is 2.33 bits per heavy atom. The molecule has 0 atom stereocenters. The summed E-state index contributed by atoms with van der Waals surface area (Å²) < 4.78 is 1.04. The predicted octanol–water partition coefficient (Wildman–Crippen LogP) is 4.53. The summed E-state index contributed by atoms with van der Waals surface area (Å²) in [6.45, 7) is 0. The minimum absolute atomic E-state index is 0.908. The van der Waals surface area contributed by atoms with Gasteiger partial charge in [0, 0.05) is 9.85 Å². The third-order valence-corrected chi connectivity index (χ3v) is 4.92. The first-order valence-corrected chi connectivity index (χ1v) is 8.99. The van der Waals surface area contributed by atoms with Crippen molar-refractivity contribution in [3.05, 3.63) is 51.6 Å². The fraction of sp³-hybridized carbons (Fsp3) is 0. The number of rotatable bonds is 3. The van der Waals surface area contributed by atoms with E-state index in [0.717, 1.165) is 21.0 Å². The molecule has 124 valence electrons. The van der Waals surface area contributed by atoms with Gasteiger partial charge in [-0.1, -0.05) is 18.2 Å². The van der Waals surface area contributed by atoms with Crippen LogP contribution in [0.4, 0.5) is 10.8 Å². The molecule has 0 aliphatic carbocycles. The molecule has 6 nitrogen and oxygen atoms in total. The first-order chi connectivity index (χ1) is 11.5. The number of aromatic nitrogens is 1. The molecule has 0 amide bonds. The van der Waals surface area contributed by atoms with E-state index < -0.39 is 11.9 Å². The Balaban J connectivity index is 0.000000301. The van der Waals surface area contributed by atoms with Gasteiger partial charge < -0.3 is 15.5 Å². The molecule has 3 N–H and O–H groups in total. The van der Waals surface area contributed by atoms with E-state index in [1.54, 1.807) is 22.7 Å². The third-order valence-electron chi connectivity index (χ3n) is 2.58. The molecule has 2 aromatic heterocycles. The second kappa shape index (κ2) is 8.57. The minimum Gasteiger partial charge on any atom is -0.473 e. The van der Waals surface area contributed by atoms with Crippen LogP contribution in [-0.2, 0) is 9.59 Å². The average Bonchev–Trinajstić information content (AvgIpc) is 3.21. The number of benzene rings is 1. The van der Waals surface area contributed by atoms with Gasteiger partial charge in [-0.3, -0.25) is 0 Å². The maximum absolute atomic E-state index is 9.10. The number of para-hydroxylation sites is 1. The number of carboxylic acid groups (broad SMARTS) is 2. The average molecular weight is 427 g/mol. The van der Waals surface area contributed by atoms with Crippen LogP contribution in [0.1, 0.15) is 0 Å². The zero-order valence-corrected chi connectivity index (χ0v) is 15.2. The van der Waals surface area contributed by atoms with Crippen molar-refractivity contribution in [3.8, 4) is 10.6 Å². The van der Waals surface area contributed by atoms with Gasteiger partial charge in [-0.2, -0.15) is 0 Å². The van der Waals surface area contributed by atoms with E-state index >= 15 is 0 Å². The van der Waals surface area contributed by atoms with Gasteiger partial charge in [0.1, 0.15) is 0 Å². The Kier molecular flexibility index (Phi) is 6.47. The number of hydrogen-bond donors (Lipinski definition) is 3. The molecule has 3 aromatic rings. The Hall–Kier alpha value is -2.23. The highest BCUT2D eigenvalue weighted by atomic mass is 79.9. The topological polar surface area (TPSA) is 99.5 Å². The number of aliphatic carboxylic acids is 2. The van der Waals surface area contributed by atoms with Gasteiger partial charge >= 0.3 is 11.9 Å². The largest absolute Gasteiger partial charge is 0.473 e. The van der Waals surface area contributed by atoms with E-state index in [9.17, 15) is 0 Å². The van der Waals surface area contributed by atoms with Crippen LogP contribution < -0.4 is 5.32 Å². The lowest BCUT2D eigenvalue weighted by molar-refractivity contribution is -0.159. The molecular formula is C15H11BrN2O4S2. The molecule has 0 spiro atoms. The number of thiophene rings is 1. The maximum Gasteiger partial charge on any atom is 0.414 e. The lowest BCUT2D eigenvalue weighted by Crippen LogP contribution is -2.09. The molecule has 24 heavy (non-hydrogen) atoms. The van der Waals surface area contributed by atoms with Crippen molar-refractivity contribution >= 4 is 61.4 Å². The molecule has 0 saturated heterocycles. The van der Waals surface area contributed by atoms with Gasteiger partial charge in [0.2, 0.25) is 0 Å². The number of carbonyl (C=O) groups is 2. The van der Waals surface area contributed by atoms with Crippen molar-refractivity contribution in [2.24, 2.45) is 0 Å². The molecule has 3 rings (SSSR count). The van der Waals surface area contributed by atoms with Gasteiger partial charge in [-0.15, -0.1) is 22.7 Å². The summed E-state index contributed by atoms with van der Waals surface area (Å²) >= 11 is 6.84. The van der Waals surface area contributed by atoms with E-state index in [1.165, 1.54) is 4.88 Å². The number of nitrogens with one attached hydrogen (secondary N) is 1. The highest BCUT2D eigenvalue weighted by Gasteiger charge is 2.06. The summed E-state index contributed by atoms with van der Waals surface area (Å²) in [5.74, 6) is -3.65. The summed E-state index contributed by atoms with van der Waals surface area (Å²) in [6.07, 6.45) is 0. The highest BCUT2D eigenvalue weighted by Crippen LogP contribution is 2.31. The van der Waals surface area contributed by atoms with E-state index in [1.807, 2.05) is 30.3 Å². The second-order valence-corrected chi connectivity index (χ2v) is 6.89. The zero-order valence-electron chi connectivity index (χ0n) is 12.0. The number of anilines is 2. The quantitative estimate of drug-likeness (QED) is 0.531. The maximum atomic E-state index is 9.10. The molecule has 9 heteroatoms. The van der Waals surface area contributed by atoms with Gasteiger partial charge in [0.25, 0.3) is 0 Å². The molecule has 0 aliphatic rings. The molecule has 0 fully saturated rings. The second-order valence-electron chi connectivity index (χ2n) is 4.23. The molecule has 2 heterocycles. The number of thiazole rings is 1. The number of nitrogens with zero attached hydrogens (tertiary/aromatic N) is 1. The Morgan fingerprint density at radius 2 is 1.75 bits per heavy atom. The van der Waals surface area contributed by atoms with Crippen LogP contribution in [0.3, 0.4) is 0 Å². The summed E-state index contributed by atoms with van der Waals surface area (Å²) in [4.78, 5) is 24.0. The van der Waals surface area contributed by atoms with Gasteiger partial charge in [-0.25, -0.2) is 14.6 Å². The van der Waals surface area contributed by atoms with Crippen LogP contribution >= 0.6 is 38.6 Å². The molecular weight excluding hydrogens is 416 g/mol. The highest BCUT2D eigenvalue weighted by molar-refractivity contribution is 9.10. The van der Waals surface area contributed by atoms with Crippen molar-refractivity contribution in [2.75, 3.05) is 5.32 Å². The number of halogens is 1. The fourth-order valence-electron chi connectivity index (χ4n) is 1.55. The summed E-state index contributed by atoms with van der Waals surface area (Å²) in [5.41, 5.74) is 2.06. The Labute approximate surface area is 153 Å². The zero-order chi connectivity index (χ0) is 17.5. The van der Waals surface area contributed by atoms with E-state index in [2.05, 4.69) is 43.1 Å². The van der Waals surface area contributed by atoms with E-state index in [0.29, 0.717) is 0 Å². The predicted molar refractivity (Wildman–Crippen MR) is 98.1 cm³/mol. The van der Waals surface area contributed by atoms with Crippen LogP contribution in [0.25, 0.3) is 10.6 Å².